The van der Waals surface area contributed by atoms with E-state index < -0.39 is 0 Å². The van der Waals surface area contributed by atoms with Crippen LogP contribution in [0.4, 0.5) is 0 Å². The molecule has 1 aromatic heterocycles. The van der Waals surface area contributed by atoms with Gasteiger partial charge >= 0.3 is 0 Å². The van der Waals surface area contributed by atoms with Gasteiger partial charge in [-0.1, -0.05) is 67.4 Å². The number of rotatable bonds is 7. The Hall–Kier alpha value is -2.81. The highest BCUT2D eigenvalue weighted by Crippen LogP contribution is 2.28. The third kappa shape index (κ3) is 4.79. The average Bonchev–Trinajstić information content (AvgIpc) is 3.42. The summed E-state index contributed by atoms with van der Waals surface area (Å²) < 4.78 is 2.28. The van der Waals surface area contributed by atoms with Crippen molar-refractivity contribution in [2.75, 3.05) is 0 Å². The van der Waals surface area contributed by atoms with E-state index in [-0.39, 0.29) is 5.92 Å². The summed E-state index contributed by atoms with van der Waals surface area (Å²) >= 11 is 0. The molecular weight excluding hydrogens is 356 g/mol. The monoisotopic (exact) mass is 386 g/mol. The van der Waals surface area contributed by atoms with E-state index in [4.69, 9.17) is 0 Å². The number of hydrogen-bond acceptors (Lipinski definition) is 1. The highest BCUT2D eigenvalue weighted by Gasteiger charge is 2.27. The lowest BCUT2D eigenvalue weighted by Crippen LogP contribution is -2.35. The molecule has 0 unspecified atom stereocenters. The fourth-order valence-electron chi connectivity index (χ4n) is 4.36. The summed E-state index contributed by atoms with van der Waals surface area (Å²) in [5, 5.41) is 0. The van der Waals surface area contributed by atoms with Crippen LogP contribution < -0.4 is 0 Å². The van der Waals surface area contributed by atoms with E-state index in [0.29, 0.717) is 19.0 Å². The van der Waals surface area contributed by atoms with Crippen LogP contribution in [-0.4, -0.2) is 15.4 Å². The first kappa shape index (κ1) is 19.5. The van der Waals surface area contributed by atoms with Crippen molar-refractivity contribution in [3.05, 3.63) is 95.3 Å². The quantitative estimate of drug-likeness (QED) is 0.521. The SMILES string of the molecule is Cc1ccccc1Cn1cccc1CN(Cc1ccccc1)C(=O)C1CCCC1. The molecule has 3 nitrogen and oxygen atoms in total. The van der Waals surface area contributed by atoms with Gasteiger partial charge in [-0.15, -0.1) is 0 Å². The fourth-order valence-corrected chi connectivity index (χ4v) is 4.36. The van der Waals surface area contributed by atoms with Crippen molar-refractivity contribution >= 4 is 5.91 Å². The van der Waals surface area contributed by atoms with Crippen molar-refractivity contribution < 1.29 is 4.79 Å². The molecule has 29 heavy (non-hydrogen) atoms. The summed E-state index contributed by atoms with van der Waals surface area (Å²) in [5.74, 6) is 0.508. The maximum Gasteiger partial charge on any atom is 0.226 e. The molecule has 0 aliphatic heterocycles. The van der Waals surface area contributed by atoms with Crippen LogP contribution in [0.3, 0.4) is 0 Å². The molecule has 150 valence electrons. The lowest BCUT2D eigenvalue weighted by molar-refractivity contribution is -0.136. The van der Waals surface area contributed by atoms with E-state index in [2.05, 4.69) is 83.3 Å². The van der Waals surface area contributed by atoms with Crippen molar-refractivity contribution in [2.45, 2.75) is 52.2 Å². The van der Waals surface area contributed by atoms with Crippen molar-refractivity contribution in [3.63, 3.8) is 0 Å². The molecule has 3 heteroatoms. The molecule has 1 fully saturated rings. The predicted octanol–water partition coefficient (Wildman–Crippen LogP) is 5.56. The summed E-state index contributed by atoms with van der Waals surface area (Å²) in [6.07, 6.45) is 6.56. The van der Waals surface area contributed by atoms with E-state index in [1.807, 2.05) is 6.07 Å². The van der Waals surface area contributed by atoms with Crippen LogP contribution in [-0.2, 0) is 24.4 Å². The summed E-state index contributed by atoms with van der Waals surface area (Å²) in [6.45, 7) is 4.32. The van der Waals surface area contributed by atoms with Crippen molar-refractivity contribution in [1.29, 1.82) is 0 Å². The topological polar surface area (TPSA) is 25.2 Å². The molecule has 0 spiro atoms. The van der Waals surface area contributed by atoms with Gasteiger partial charge in [-0.05, 0) is 48.6 Å². The van der Waals surface area contributed by atoms with Gasteiger partial charge in [0.1, 0.15) is 0 Å². The van der Waals surface area contributed by atoms with Crippen LogP contribution in [0, 0.1) is 12.8 Å². The highest BCUT2D eigenvalue weighted by molar-refractivity contribution is 5.79. The number of carbonyl (C=O) groups is 1. The largest absolute Gasteiger partial charge is 0.345 e. The minimum Gasteiger partial charge on any atom is -0.345 e. The van der Waals surface area contributed by atoms with Gasteiger partial charge in [0.25, 0.3) is 0 Å². The molecule has 3 aromatic rings. The number of carbonyl (C=O) groups excluding carboxylic acids is 1. The third-order valence-electron chi connectivity index (χ3n) is 6.11. The normalized spacial score (nSPS) is 14.2. The van der Waals surface area contributed by atoms with E-state index in [1.54, 1.807) is 0 Å². The Kier molecular flexibility index (Phi) is 6.14. The first-order valence-electron chi connectivity index (χ1n) is 10.7. The Labute approximate surface area is 174 Å². The average molecular weight is 387 g/mol. The van der Waals surface area contributed by atoms with Crippen LogP contribution in [0.25, 0.3) is 0 Å². The van der Waals surface area contributed by atoms with E-state index in [9.17, 15) is 4.79 Å². The van der Waals surface area contributed by atoms with Gasteiger partial charge in [-0.2, -0.15) is 0 Å². The maximum atomic E-state index is 13.3. The Morgan fingerprint density at radius 1 is 0.931 bits per heavy atom. The zero-order valence-electron chi connectivity index (χ0n) is 17.3. The lowest BCUT2D eigenvalue weighted by atomic mass is 10.1. The number of nitrogens with zero attached hydrogens (tertiary/aromatic N) is 2. The molecule has 0 bridgehead atoms. The molecule has 1 saturated carbocycles. The maximum absolute atomic E-state index is 13.3. The molecule has 0 atom stereocenters. The van der Waals surface area contributed by atoms with E-state index in [0.717, 1.165) is 19.4 Å². The van der Waals surface area contributed by atoms with Crippen molar-refractivity contribution in [2.24, 2.45) is 5.92 Å². The molecule has 1 aliphatic rings. The van der Waals surface area contributed by atoms with Crippen LogP contribution in [0.15, 0.2) is 72.9 Å². The van der Waals surface area contributed by atoms with Gasteiger partial charge in [-0.25, -0.2) is 0 Å². The second kappa shape index (κ2) is 9.13. The van der Waals surface area contributed by atoms with E-state index >= 15 is 0 Å². The number of aryl methyl sites for hydroxylation is 1. The Morgan fingerprint density at radius 3 is 2.41 bits per heavy atom. The predicted molar refractivity (Wildman–Crippen MR) is 117 cm³/mol. The summed E-state index contributed by atoms with van der Waals surface area (Å²) in [5.41, 5.74) is 5.00. The number of hydrogen-bond donors (Lipinski definition) is 0. The minimum atomic E-state index is 0.193. The fraction of sp³-hybridized carbons (Fsp3) is 0.346. The Bertz CT molecular complexity index is 938. The smallest absolute Gasteiger partial charge is 0.226 e. The third-order valence-corrected chi connectivity index (χ3v) is 6.11. The number of benzene rings is 2. The molecule has 1 heterocycles. The van der Waals surface area contributed by atoms with Gasteiger partial charge in [0.2, 0.25) is 5.91 Å². The second-order valence-corrected chi connectivity index (χ2v) is 8.22. The summed E-state index contributed by atoms with van der Waals surface area (Å²) in [6, 6.07) is 23.1. The van der Waals surface area contributed by atoms with Crippen molar-refractivity contribution in [1.82, 2.24) is 9.47 Å². The first-order chi connectivity index (χ1) is 14.2. The zero-order valence-corrected chi connectivity index (χ0v) is 17.3. The molecule has 1 amide bonds. The molecule has 1 aliphatic carbocycles. The van der Waals surface area contributed by atoms with Crippen LogP contribution in [0.1, 0.15) is 48.1 Å². The molecule has 2 aromatic carbocycles. The van der Waals surface area contributed by atoms with Crippen LogP contribution >= 0.6 is 0 Å². The highest BCUT2D eigenvalue weighted by atomic mass is 16.2. The van der Waals surface area contributed by atoms with Crippen LogP contribution in [0.5, 0.6) is 0 Å². The van der Waals surface area contributed by atoms with Crippen molar-refractivity contribution in [3.8, 4) is 0 Å². The molecule has 4 rings (SSSR count). The zero-order chi connectivity index (χ0) is 20.1. The van der Waals surface area contributed by atoms with Gasteiger partial charge < -0.3 is 9.47 Å². The molecular formula is C26H30N2O. The first-order valence-corrected chi connectivity index (χ1v) is 10.7. The number of aromatic nitrogens is 1. The van der Waals surface area contributed by atoms with Gasteiger partial charge in [0.15, 0.2) is 0 Å². The summed E-state index contributed by atoms with van der Waals surface area (Å²) in [7, 11) is 0. The second-order valence-electron chi connectivity index (χ2n) is 8.22. The number of amides is 1. The van der Waals surface area contributed by atoms with Gasteiger partial charge in [0, 0.05) is 30.9 Å². The molecule has 0 N–H and O–H groups in total. The van der Waals surface area contributed by atoms with E-state index in [1.165, 1.54) is 35.2 Å². The Morgan fingerprint density at radius 2 is 1.66 bits per heavy atom. The summed E-state index contributed by atoms with van der Waals surface area (Å²) in [4.78, 5) is 15.4. The lowest BCUT2D eigenvalue weighted by Gasteiger charge is -2.26. The molecule has 0 radical (unpaired) electrons. The molecule has 0 saturated heterocycles. The Balaban J connectivity index is 1.55. The van der Waals surface area contributed by atoms with Gasteiger partial charge in [-0.3, -0.25) is 4.79 Å². The standard InChI is InChI=1S/C26H30N2O/c1-21-10-5-6-15-24(21)19-27-17-9-16-25(27)20-28(18-22-11-3-2-4-12-22)26(29)23-13-7-8-14-23/h2-6,9-12,15-17,23H,7-8,13-14,18-20H2,1H3. The van der Waals surface area contributed by atoms with Crippen LogP contribution in [0.2, 0.25) is 0 Å². The minimum absolute atomic E-state index is 0.193. The van der Waals surface area contributed by atoms with Gasteiger partial charge in [0.05, 0.1) is 6.54 Å².